The monoisotopic (exact) mass is 489 g/mol. The maximum Gasteiger partial charge on any atom is 0.408 e. The third-order valence-electron chi connectivity index (χ3n) is 3.31. The van der Waals surface area contributed by atoms with Gasteiger partial charge in [0, 0.05) is 25.3 Å². The molecule has 1 amide bonds. The van der Waals surface area contributed by atoms with Gasteiger partial charge in [-0.15, -0.1) is 0 Å². The molecule has 0 heterocycles. The van der Waals surface area contributed by atoms with Crippen molar-refractivity contribution in [1.29, 1.82) is 0 Å². The standard InChI is InChI=1S/C19H18ClFINO3/c1-19(2,3)23-18(25)26-17(14-9-6-12(20)10-15(14)21)16(24)11-4-7-13(22)8-5-11/h4-10,17H,1-3H3,(H,23,25). The summed E-state index contributed by atoms with van der Waals surface area (Å²) in [7, 11) is 0. The average molecular weight is 490 g/mol. The lowest BCUT2D eigenvalue weighted by Gasteiger charge is -2.23. The number of ether oxygens (including phenoxy) is 1. The first-order valence-corrected chi connectivity index (χ1v) is 9.26. The lowest BCUT2D eigenvalue weighted by atomic mass is 9.99. The van der Waals surface area contributed by atoms with E-state index in [2.05, 4.69) is 27.9 Å². The smallest absolute Gasteiger partial charge is 0.408 e. The van der Waals surface area contributed by atoms with Gasteiger partial charge in [-0.05, 0) is 67.6 Å². The SMILES string of the molecule is CC(C)(C)NC(=O)OC(C(=O)c1ccc(I)cc1)c1ccc(Cl)cc1F. The van der Waals surface area contributed by atoms with E-state index in [1.54, 1.807) is 45.0 Å². The Morgan fingerprint density at radius 1 is 1.15 bits per heavy atom. The number of nitrogens with one attached hydrogen (secondary N) is 1. The molecule has 1 atom stereocenters. The van der Waals surface area contributed by atoms with Gasteiger partial charge >= 0.3 is 6.09 Å². The largest absolute Gasteiger partial charge is 0.433 e. The molecule has 0 aliphatic heterocycles. The van der Waals surface area contributed by atoms with Crippen LogP contribution in [0, 0.1) is 9.39 Å². The summed E-state index contributed by atoms with van der Waals surface area (Å²) in [5.41, 5.74) is -0.304. The number of alkyl carbamates (subject to hydrolysis) is 1. The van der Waals surface area contributed by atoms with Crippen LogP contribution in [0.15, 0.2) is 42.5 Å². The van der Waals surface area contributed by atoms with E-state index < -0.39 is 29.3 Å². The van der Waals surface area contributed by atoms with Gasteiger partial charge in [-0.1, -0.05) is 29.8 Å². The minimum Gasteiger partial charge on any atom is -0.433 e. The number of hydrogen-bond acceptors (Lipinski definition) is 3. The molecule has 1 unspecified atom stereocenters. The van der Waals surface area contributed by atoms with E-state index in [0.717, 1.165) is 9.64 Å². The summed E-state index contributed by atoms with van der Waals surface area (Å²) in [5.74, 6) is -1.24. The van der Waals surface area contributed by atoms with Gasteiger partial charge in [-0.3, -0.25) is 4.79 Å². The fraction of sp³-hybridized carbons (Fsp3) is 0.263. The summed E-state index contributed by atoms with van der Waals surface area (Å²) in [6, 6.07) is 10.6. The van der Waals surface area contributed by atoms with E-state index in [1.807, 2.05) is 0 Å². The number of Topliss-reactive ketones (excluding diaryl/α,β-unsaturated/α-hetero) is 1. The summed E-state index contributed by atoms with van der Waals surface area (Å²) in [4.78, 5) is 25.1. The Balaban J connectivity index is 2.39. The molecule has 138 valence electrons. The van der Waals surface area contributed by atoms with Crippen LogP contribution in [0.5, 0.6) is 0 Å². The molecule has 0 aliphatic carbocycles. The Kier molecular flexibility index (Phi) is 6.63. The molecule has 0 aliphatic rings. The number of benzene rings is 2. The normalized spacial score (nSPS) is 12.4. The van der Waals surface area contributed by atoms with Crippen LogP contribution in [0.3, 0.4) is 0 Å². The highest BCUT2D eigenvalue weighted by molar-refractivity contribution is 14.1. The van der Waals surface area contributed by atoms with Crippen LogP contribution in [0.4, 0.5) is 9.18 Å². The number of carbonyl (C=O) groups excluding carboxylic acids is 2. The van der Waals surface area contributed by atoms with Crippen LogP contribution in [0.25, 0.3) is 0 Å². The van der Waals surface area contributed by atoms with Gasteiger partial charge in [0.1, 0.15) is 5.82 Å². The van der Waals surface area contributed by atoms with Crippen molar-refractivity contribution < 1.29 is 18.7 Å². The van der Waals surface area contributed by atoms with Gasteiger partial charge < -0.3 is 10.1 Å². The second-order valence-electron chi connectivity index (χ2n) is 6.70. The highest BCUT2D eigenvalue weighted by Crippen LogP contribution is 2.27. The van der Waals surface area contributed by atoms with Gasteiger partial charge in [0.15, 0.2) is 6.10 Å². The molecule has 0 saturated carbocycles. The number of carbonyl (C=O) groups is 2. The van der Waals surface area contributed by atoms with E-state index in [1.165, 1.54) is 12.1 Å². The number of rotatable bonds is 4. The molecule has 0 aromatic heterocycles. The molecule has 7 heteroatoms. The number of ketones is 1. The third-order valence-corrected chi connectivity index (χ3v) is 4.27. The highest BCUT2D eigenvalue weighted by atomic mass is 127. The summed E-state index contributed by atoms with van der Waals surface area (Å²) in [6.45, 7) is 5.31. The van der Waals surface area contributed by atoms with Crippen LogP contribution in [-0.4, -0.2) is 17.4 Å². The molecule has 2 rings (SSSR count). The van der Waals surface area contributed by atoms with Crippen molar-refractivity contribution >= 4 is 46.1 Å². The van der Waals surface area contributed by atoms with E-state index in [-0.39, 0.29) is 10.6 Å². The molecular weight excluding hydrogens is 472 g/mol. The number of amides is 1. The topological polar surface area (TPSA) is 55.4 Å². The van der Waals surface area contributed by atoms with Gasteiger partial charge in [-0.25, -0.2) is 9.18 Å². The van der Waals surface area contributed by atoms with Crippen LogP contribution >= 0.6 is 34.2 Å². The summed E-state index contributed by atoms with van der Waals surface area (Å²) in [5, 5.41) is 2.79. The van der Waals surface area contributed by atoms with E-state index >= 15 is 0 Å². The fourth-order valence-electron chi connectivity index (χ4n) is 2.18. The lowest BCUT2D eigenvalue weighted by Crippen LogP contribution is -2.42. The molecule has 2 aromatic rings. The Bertz CT molecular complexity index is 819. The molecule has 0 bridgehead atoms. The number of halogens is 3. The molecule has 0 fully saturated rings. The van der Waals surface area contributed by atoms with E-state index in [0.29, 0.717) is 5.56 Å². The molecule has 4 nitrogen and oxygen atoms in total. The van der Waals surface area contributed by atoms with Gasteiger partial charge in [0.25, 0.3) is 0 Å². The quantitative estimate of drug-likeness (QED) is 0.454. The Hall–Kier alpha value is -1.67. The highest BCUT2D eigenvalue weighted by Gasteiger charge is 2.30. The first kappa shape index (κ1) is 20.6. The fourth-order valence-corrected chi connectivity index (χ4v) is 2.70. The summed E-state index contributed by atoms with van der Waals surface area (Å²) >= 11 is 7.89. The minimum absolute atomic E-state index is 0.0537. The molecule has 0 spiro atoms. The van der Waals surface area contributed by atoms with Gasteiger partial charge in [0.2, 0.25) is 5.78 Å². The third kappa shape index (κ3) is 5.67. The maximum atomic E-state index is 14.4. The lowest BCUT2D eigenvalue weighted by molar-refractivity contribution is 0.0598. The van der Waals surface area contributed by atoms with Crippen molar-refractivity contribution in [3.63, 3.8) is 0 Å². The zero-order chi connectivity index (χ0) is 19.5. The number of hydrogen-bond donors (Lipinski definition) is 1. The van der Waals surface area contributed by atoms with Crippen LogP contribution in [-0.2, 0) is 4.74 Å². The Morgan fingerprint density at radius 3 is 2.31 bits per heavy atom. The minimum atomic E-state index is -1.42. The predicted molar refractivity (Wildman–Crippen MR) is 107 cm³/mol. The van der Waals surface area contributed by atoms with Crippen molar-refractivity contribution in [2.45, 2.75) is 32.4 Å². The molecular formula is C19H18ClFINO3. The molecule has 0 radical (unpaired) electrons. The second-order valence-corrected chi connectivity index (χ2v) is 8.38. The van der Waals surface area contributed by atoms with Crippen molar-refractivity contribution in [2.24, 2.45) is 0 Å². The Labute approximate surface area is 170 Å². The Morgan fingerprint density at radius 2 is 1.77 bits per heavy atom. The van der Waals surface area contributed by atoms with Crippen molar-refractivity contribution in [3.8, 4) is 0 Å². The van der Waals surface area contributed by atoms with Crippen LogP contribution < -0.4 is 5.32 Å². The zero-order valence-corrected chi connectivity index (χ0v) is 17.4. The van der Waals surface area contributed by atoms with Crippen molar-refractivity contribution in [2.75, 3.05) is 0 Å². The van der Waals surface area contributed by atoms with Crippen molar-refractivity contribution in [3.05, 3.63) is 68.0 Å². The van der Waals surface area contributed by atoms with E-state index in [9.17, 15) is 14.0 Å². The van der Waals surface area contributed by atoms with Gasteiger partial charge in [0.05, 0.1) is 0 Å². The predicted octanol–water partition coefficient (Wildman–Crippen LogP) is 5.53. The molecule has 1 N–H and O–H groups in total. The summed E-state index contributed by atoms with van der Waals surface area (Å²) in [6.07, 6.45) is -2.23. The molecule has 2 aromatic carbocycles. The average Bonchev–Trinajstić information content (AvgIpc) is 2.51. The first-order valence-electron chi connectivity index (χ1n) is 7.80. The van der Waals surface area contributed by atoms with Crippen molar-refractivity contribution in [1.82, 2.24) is 5.32 Å². The maximum absolute atomic E-state index is 14.4. The van der Waals surface area contributed by atoms with Crippen LogP contribution in [0.1, 0.15) is 42.8 Å². The summed E-state index contributed by atoms with van der Waals surface area (Å²) < 4.78 is 20.6. The van der Waals surface area contributed by atoms with Crippen LogP contribution in [0.2, 0.25) is 5.02 Å². The van der Waals surface area contributed by atoms with E-state index in [4.69, 9.17) is 16.3 Å². The molecule has 26 heavy (non-hydrogen) atoms. The molecule has 0 saturated heterocycles. The first-order chi connectivity index (χ1) is 12.1. The zero-order valence-electron chi connectivity index (χ0n) is 14.5. The van der Waals surface area contributed by atoms with Gasteiger partial charge in [-0.2, -0.15) is 0 Å². The second kappa shape index (κ2) is 8.35.